The molecule has 0 radical (unpaired) electrons. The number of ether oxygens (including phenoxy) is 2. The Kier molecular flexibility index (Phi) is 49.4. The van der Waals surface area contributed by atoms with Gasteiger partial charge in [-0.1, -0.05) is 168 Å². The van der Waals surface area contributed by atoms with Crippen LogP contribution in [0.15, 0.2) is 36.5 Å². The first-order chi connectivity index (χ1) is 27.5. The zero-order valence-corrected chi connectivity index (χ0v) is 39.9. The SMILES string of the molecule is CCCCC/C=C\C/C=C\CCCCCCC(COC(CCCCCCC/C=C\CCCCCCCC)CCN(CC)CC)C(C)N(CC)CC.CCOCC. The highest BCUT2D eigenvalue weighted by atomic mass is 16.5. The summed E-state index contributed by atoms with van der Waals surface area (Å²) >= 11 is 0. The molecule has 4 nitrogen and oxygen atoms in total. The number of allylic oxidation sites excluding steroid dienone is 6. The highest BCUT2D eigenvalue weighted by Crippen LogP contribution is 2.23. The van der Waals surface area contributed by atoms with Gasteiger partial charge >= 0.3 is 0 Å². The van der Waals surface area contributed by atoms with Crippen LogP contribution in [0.1, 0.15) is 229 Å². The van der Waals surface area contributed by atoms with Gasteiger partial charge in [0.1, 0.15) is 0 Å². The topological polar surface area (TPSA) is 24.9 Å². The molecule has 0 amide bonds. The van der Waals surface area contributed by atoms with Crippen molar-refractivity contribution in [2.24, 2.45) is 5.92 Å². The van der Waals surface area contributed by atoms with Gasteiger partial charge in [-0.15, -0.1) is 0 Å². The Bertz CT molecular complexity index is 801. The molecular formula is C52H104N2O2. The van der Waals surface area contributed by atoms with Crippen molar-refractivity contribution in [1.29, 1.82) is 0 Å². The van der Waals surface area contributed by atoms with Crippen molar-refractivity contribution in [2.75, 3.05) is 52.5 Å². The van der Waals surface area contributed by atoms with Gasteiger partial charge in [0.05, 0.1) is 12.7 Å². The summed E-state index contributed by atoms with van der Waals surface area (Å²) in [6.07, 6.45) is 49.2. The molecule has 0 aliphatic heterocycles. The molecule has 56 heavy (non-hydrogen) atoms. The molecule has 334 valence electrons. The van der Waals surface area contributed by atoms with E-state index in [0.717, 1.165) is 52.4 Å². The lowest BCUT2D eigenvalue weighted by Gasteiger charge is -2.34. The predicted octanol–water partition coefficient (Wildman–Crippen LogP) is 16.0. The van der Waals surface area contributed by atoms with Crippen molar-refractivity contribution in [3.05, 3.63) is 36.5 Å². The number of unbranched alkanes of at least 4 members (excludes halogenated alkanes) is 18. The van der Waals surface area contributed by atoms with Crippen molar-refractivity contribution in [3.8, 4) is 0 Å². The fraction of sp³-hybridized carbons (Fsp3) is 0.885. The first-order valence-corrected chi connectivity index (χ1v) is 25.1. The molecule has 0 aromatic heterocycles. The average Bonchev–Trinajstić information content (AvgIpc) is 3.21. The lowest BCUT2D eigenvalue weighted by molar-refractivity contribution is -0.00886. The monoisotopic (exact) mass is 789 g/mol. The molecule has 0 aliphatic rings. The quantitative estimate of drug-likeness (QED) is 0.0454. The summed E-state index contributed by atoms with van der Waals surface area (Å²) in [4.78, 5) is 5.23. The second-order valence-corrected chi connectivity index (χ2v) is 16.3. The van der Waals surface area contributed by atoms with E-state index in [9.17, 15) is 0 Å². The summed E-state index contributed by atoms with van der Waals surface area (Å²) in [6, 6.07) is 0.584. The van der Waals surface area contributed by atoms with Crippen LogP contribution in [-0.4, -0.2) is 74.5 Å². The van der Waals surface area contributed by atoms with Crippen LogP contribution in [0.2, 0.25) is 0 Å². The summed E-state index contributed by atoms with van der Waals surface area (Å²) in [5.74, 6) is 0.624. The van der Waals surface area contributed by atoms with Gasteiger partial charge in [0.15, 0.2) is 0 Å². The van der Waals surface area contributed by atoms with Crippen molar-refractivity contribution in [2.45, 2.75) is 241 Å². The molecule has 0 bridgehead atoms. The van der Waals surface area contributed by atoms with Gasteiger partial charge in [0, 0.05) is 25.8 Å². The molecule has 0 spiro atoms. The third-order valence-corrected chi connectivity index (χ3v) is 11.7. The fourth-order valence-electron chi connectivity index (χ4n) is 7.69. The van der Waals surface area contributed by atoms with Crippen molar-refractivity contribution < 1.29 is 9.47 Å². The minimum absolute atomic E-state index is 0.403. The third kappa shape index (κ3) is 39.9. The van der Waals surface area contributed by atoms with E-state index in [2.05, 4.69) is 94.7 Å². The molecule has 0 heterocycles. The largest absolute Gasteiger partial charge is 0.382 e. The number of rotatable bonds is 42. The van der Waals surface area contributed by atoms with Gasteiger partial charge in [0.2, 0.25) is 0 Å². The third-order valence-electron chi connectivity index (χ3n) is 11.7. The summed E-state index contributed by atoms with van der Waals surface area (Å²) < 4.78 is 11.7. The standard InChI is InChI=1S/C48H94N2O.C4H10O/c1-8-14-16-18-20-22-24-26-28-30-32-34-36-38-40-42-48(43-44-49(10-3)11-4)51-45-47(46(7)50(12-5)13-6)41-39-37-35-33-31-29-27-25-23-21-19-17-15-9-2;1-3-5-4-2/h21,23,26-29,46-48H,8-20,22,24-25,30-45H2,1-7H3;3-4H2,1-2H3/b23-21-,28-26-,29-27-;. The van der Waals surface area contributed by atoms with Crippen molar-refractivity contribution in [3.63, 3.8) is 0 Å². The summed E-state index contributed by atoms with van der Waals surface area (Å²) in [5, 5.41) is 0. The minimum atomic E-state index is 0.403. The van der Waals surface area contributed by atoms with Gasteiger partial charge in [-0.3, -0.25) is 0 Å². The maximum Gasteiger partial charge on any atom is 0.0587 e. The molecule has 0 saturated heterocycles. The van der Waals surface area contributed by atoms with E-state index in [1.807, 2.05) is 13.8 Å². The smallest absolute Gasteiger partial charge is 0.0587 e. The van der Waals surface area contributed by atoms with E-state index >= 15 is 0 Å². The summed E-state index contributed by atoms with van der Waals surface area (Å²) in [5.41, 5.74) is 0. The summed E-state index contributed by atoms with van der Waals surface area (Å²) in [7, 11) is 0. The maximum absolute atomic E-state index is 6.92. The van der Waals surface area contributed by atoms with Crippen molar-refractivity contribution in [1.82, 2.24) is 9.80 Å². The molecule has 4 heteroatoms. The van der Waals surface area contributed by atoms with Gasteiger partial charge in [-0.2, -0.15) is 0 Å². The lowest BCUT2D eigenvalue weighted by Crippen LogP contribution is -2.41. The Morgan fingerprint density at radius 1 is 0.446 bits per heavy atom. The van der Waals surface area contributed by atoms with Crippen LogP contribution in [-0.2, 0) is 9.47 Å². The molecule has 0 fully saturated rings. The predicted molar refractivity (Wildman–Crippen MR) is 254 cm³/mol. The van der Waals surface area contributed by atoms with E-state index < -0.39 is 0 Å². The van der Waals surface area contributed by atoms with Crippen LogP contribution in [0, 0.1) is 5.92 Å². The van der Waals surface area contributed by atoms with Gasteiger partial charge < -0.3 is 19.3 Å². The molecule has 0 aromatic carbocycles. The second kappa shape index (κ2) is 48.4. The summed E-state index contributed by atoms with van der Waals surface area (Å²) in [6.45, 7) is 28.6. The zero-order valence-electron chi connectivity index (χ0n) is 39.9. The van der Waals surface area contributed by atoms with Gasteiger partial charge in [0.25, 0.3) is 0 Å². The lowest BCUT2D eigenvalue weighted by atomic mass is 9.93. The van der Waals surface area contributed by atoms with Gasteiger partial charge in [-0.05, 0) is 130 Å². The van der Waals surface area contributed by atoms with Crippen molar-refractivity contribution >= 4 is 0 Å². The molecule has 3 unspecified atom stereocenters. The normalized spacial score (nSPS) is 13.8. The highest BCUT2D eigenvalue weighted by molar-refractivity contribution is 4.92. The Morgan fingerprint density at radius 3 is 1.34 bits per heavy atom. The Morgan fingerprint density at radius 2 is 0.875 bits per heavy atom. The van der Waals surface area contributed by atoms with E-state index in [1.54, 1.807) is 0 Å². The molecule has 0 aromatic rings. The number of hydrogen-bond acceptors (Lipinski definition) is 4. The second-order valence-electron chi connectivity index (χ2n) is 16.3. The molecule has 0 N–H and O–H groups in total. The van der Waals surface area contributed by atoms with Crippen LogP contribution in [0.3, 0.4) is 0 Å². The molecular weight excluding hydrogens is 685 g/mol. The number of nitrogens with zero attached hydrogens (tertiary/aromatic N) is 2. The molecule has 0 aliphatic carbocycles. The molecule has 3 atom stereocenters. The molecule has 0 saturated carbocycles. The first kappa shape index (κ1) is 57.2. The fourth-order valence-corrected chi connectivity index (χ4v) is 7.69. The number of hydrogen-bond donors (Lipinski definition) is 0. The van der Waals surface area contributed by atoms with Crippen LogP contribution in [0.25, 0.3) is 0 Å². The maximum atomic E-state index is 6.92. The zero-order chi connectivity index (χ0) is 41.6. The average molecular weight is 789 g/mol. The van der Waals surface area contributed by atoms with Crippen LogP contribution < -0.4 is 0 Å². The molecule has 0 rings (SSSR count). The highest BCUT2D eigenvalue weighted by Gasteiger charge is 2.23. The Labute approximate surface area is 354 Å². The Balaban J connectivity index is 0. The first-order valence-electron chi connectivity index (χ1n) is 25.1. The van der Waals surface area contributed by atoms with Gasteiger partial charge in [-0.25, -0.2) is 0 Å². The van der Waals surface area contributed by atoms with Crippen LogP contribution >= 0.6 is 0 Å². The van der Waals surface area contributed by atoms with E-state index in [-0.39, 0.29) is 0 Å². The van der Waals surface area contributed by atoms with E-state index in [1.165, 1.54) is 167 Å². The Hall–Kier alpha value is -0.940. The van der Waals surface area contributed by atoms with E-state index in [0.29, 0.717) is 18.1 Å². The minimum Gasteiger partial charge on any atom is -0.382 e. The van der Waals surface area contributed by atoms with Crippen LogP contribution in [0.5, 0.6) is 0 Å². The van der Waals surface area contributed by atoms with Crippen LogP contribution in [0.4, 0.5) is 0 Å². The van der Waals surface area contributed by atoms with E-state index in [4.69, 9.17) is 9.47 Å².